The van der Waals surface area contributed by atoms with Crippen molar-refractivity contribution >= 4 is 34.2 Å². The molecule has 0 amide bonds. The molecule has 1 aromatic heterocycles. The van der Waals surface area contributed by atoms with Crippen LogP contribution in [0.25, 0.3) is 0 Å². The van der Waals surface area contributed by atoms with E-state index in [1.54, 1.807) is 0 Å². The molecule has 2 rings (SSSR count). The van der Waals surface area contributed by atoms with E-state index in [4.69, 9.17) is 18.0 Å². The molecule has 2 nitrogen and oxygen atoms in total. The van der Waals surface area contributed by atoms with Gasteiger partial charge in [0.1, 0.15) is 4.99 Å². The lowest BCUT2D eigenvalue weighted by Gasteiger charge is -2.09. The summed E-state index contributed by atoms with van der Waals surface area (Å²) in [5.74, 6) is 0. The van der Waals surface area contributed by atoms with Crippen molar-refractivity contribution in [2.24, 2.45) is 5.73 Å². The molecule has 1 aromatic carbocycles. The lowest BCUT2D eigenvalue weighted by molar-refractivity contribution is 1.18. The summed E-state index contributed by atoms with van der Waals surface area (Å²) < 4.78 is 0. The lowest BCUT2D eigenvalue weighted by Crippen LogP contribution is -2.11. The van der Waals surface area contributed by atoms with Crippen LogP contribution in [0, 0.1) is 20.8 Å². The van der Waals surface area contributed by atoms with E-state index in [1.165, 1.54) is 15.3 Å². The highest BCUT2D eigenvalue weighted by atomic mass is 32.1. The Morgan fingerprint density at radius 2 is 1.95 bits per heavy atom. The third-order valence-corrected chi connectivity index (χ3v) is 4.55. The molecular formula is C15H18N2S2. The Bertz CT molecular complexity index is 595. The summed E-state index contributed by atoms with van der Waals surface area (Å²) in [6.07, 6.45) is 0. The SMILES string of the molecule is Cc1cc(NCc2cc(C)c(C)s2)ccc1C(N)=S. The van der Waals surface area contributed by atoms with Crippen molar-refractivity contribution in [1.29, 1.82) is 0 Å². The Morgan fingerprint density at radius 1 is 1.21 bits per heavy atom. The Balaban J connectivity index is 2.08. The fourth-order valence-corrected chi connectivity index (χ4v) is 3.20. The van der Waals surface area contributed by atoms with Crippen LogP contribution in [0.15, 0.2) is 24.3 Å². The van der Waals surface area contributed by atoms with E-state index in [-0.39, 0.29) is 0 Å². The minimum absolute atomic E-state index is 0.452. The fourth-order valence-electron chi connectivity index (χ4n) is 1.98. The van der Waals surface area contributed by atoms with Crippen LogP contribution in [0.1, 0.15) is 26.4 Å². The first kappa shape index (κ1) is 14.0. The van der Waals surface area contributed by atoms with Gasteiger partial charge < -0.3 is 11.1 Å². The van der Waals surface area contributed by atoms with Crippen LogP contribution in [0.3, 0.4) is 0 Å². The zero-order chi connectivity index (χ0) is 14.0. The van der Waals surface area contributed by atoms with Crippen molar-refractivity contribution < 1.29 is 0 Å². The molecule has 0 saturated carbocycles. The van der Waals surface area contributed by atoms with Crippen molar-refractivity contribution in [2.75, 3.05) is 5.32 Å². The maximum absolute atomic E-state index is 5.66. The third-order valence-electron chi connectivity index (χ3n) is 3.18. The lowest BCUT2D eigenvalue weighted by atomic mass is 10.1. The van der Waals surface area contributed by atoms with E-state index in [0.29, 0.717) is 4.99 Å². The highest BCUT2D eigenvalue weighted by Crippen LogP contribution is 2.22. The average molecular weight is 290 g/mol. The summed E-state index contributed by atoms with van der Waals surface area (Å²) in [6.45, 7) is 7.19. The predicted octanol–water partition coefficient (Wildman–Crippen LogP) is 3.92. The molecule has 0 saturated heterocycles. The normalized spacial score (nSPS) is 10.5. The molecule has 0 aliphatic carbocycles. The van der Waals surface area contributed by atoms with Crippen molar-refractivity contribution in [3.8, 4) is 0 Å². The molecule has 0 aliphatic heterocycles. The number of aryl methyl sites for hydroxylation is 3. The number of anilines is 1. The highest BCUT2D eigenvalue weighted by Gasteiger charge is 2.04. The number of nitrogens with two attached hydrogens (primary N) is 1. The molecule has 19 heavy (non-hydrogen) atoms. The number of nitrogens with one attached hydrogen (secondary N) is 1. The van der Waals surface area contributed by atoms with Gasteiger partial charge in [0.15, 0.2) is 0 Å². The smallest absolute Gasteiger partial charge is 0.104 e. The van der Waals surface area contributed by atoms with E-state index in [0.717, 1.165) is 23.4 Å². The minimum Gasteiger partial charge on any atom is -0.389 e. The molecule has 3 N–H and O–H groups in total. The maximum atomic E-state index is 5.66. The standard InChI is InChI=1S/C15H18N2S2/c1-9-7-13(19-11(9)3)8-17-12-4-5-14(15(16)18)10(2)6-12/h4-7,17H,8H2,1-3H3,(H2,16,18). The van der Waals surface area contributed by atoms with Crippen molar-refractivity contribution in [3.63, 3.8) is 0 Å². The Hall–Kier alpha value is -1.39. The van der Waals surface area contributed by atoms with Crippen molar-refractivity contribution in [3.05, 3.63) is 50.7 Å². The van der Waals surface area contributed by atoms with Crippen LogP contribution in [-0.4, -0.2) is 4.99 Å². The molecular weight excluding hydrogens is 272 g/mol. The molecule has 1 heterocycles. The summed E-state index contributed by atoms with van der Waals surface area (Å²) in [5, 5.41) is 3.43. The van der Waals surface area contributed by atoms with Crippen LogP contribution in [0.2, 0.25) is 0 Å². The second kappa shape index (κ2) is 5.72. The zero-order valence-electron chi connectivity index (χ0n) is 11.4. The van der Waals surface area contributed by atoms with Crippen molar-refractivity contribution in [2.45, 2.75) is 27.3 Å². The second-order valence-corrected chi connectivity index (χ2v) is 6.48. The maximum Gasteiger partial charge on any atom is 0.104 e. The Labute approximate surface area is 123 Å². The number of thiophene rings is 1. The van der Waals surface area contributed by atoms with Gasteiger partial charge in [0.25, 0.3) is 0 Å². The first-order valence-corrected chi connectivity index (χ1v) is 7.40. The molecule has 2 aromatic rings. The number of rotatable bonds is 4. The molecule has 4 heteroatoms. The first-order valence-electron chi connectivity index (χ1n) is 6.17. The van der Waals surface area contributed by atoms with Gasteiger partial charge in [-0.3, -0.25) is 0 Å². The summed E-state index contributed by atoms with van der Waals surface area (Å²) in [7, 11) is 0. The summed E-state index contributed by atoms with van der Waals surface area (Å²) in [6, 6.07) is 8.32. The second-order valence-electron chi connectivity index (χ2n) is 4.70. The monoisotopic (exact) mass is 290 g/mol. The quantitative estimate of drug-likeness (QED) is 0.838. The molecule has 0 fully saturated rings. The van der Waals surface area contributed by atoms with Crippen LogP contribution in [0.5, 0.6) is 0 Å². The fraction of sp³-hybridized carbons (Fsp3) is 0.267. The summed E-state index contributed by atoms with van der Waals surface area (Å²) in [5.41, 5.74) is 10.2. The van der Waals surface area contributed by atoms with Gasteiger partial charge in [-0.15, -0.1) is 11.3 Å². The molecule has 100 valence electrons. The van der Waals surface area contributed by atoms with Gasteiger partial charge in [-0.05, 0) is 56.2 Å². The van der Waals surface area contributed by atoms with E-state index in [1.807, 2.05) is 30.4 Å². The van der Waals surface area contributed by atoms with Crippen LogP contribution >= 0.6 is 23.6 Å². The first-order chi connectivity index (χ1) is 8.97. The van der Waals surface area contributed by atoms with E-state index >= 15 is 0 Å². The largest absolute Gasteiger partial charge is 0.389 e. The van der Waals surface area contributed by atoms with Gasteiger partial charge in [-0.25, -0.2) is 0 Å². The molecule has 0 radical (unpaired) electrons. The van der Waals surface area contributed by atoms with Crippen molar-refractivity contribution in [1.82, 2.24) is 0 Å². The molecule has 0 atom stereocenters. The molecule has 0 bridgehead atoms. The number of hydrogen-bond acceptors (Lipinski definition) is 3. The highest BCUT2D eigenvalue weighted by molar-refractivity contribution is 7.80. The summed E-state index contributed by atoms with van der Waals surface area (Å²) >= 11 is 6.85. The Kier molecular flexibility index (Phi) is 4.22. The van der Waals surface area contributed by atoms with E-state index in [2.05, 4.69) is 31.3 Å². The topological polar surface area (TPSA) is 38.0 Å². The van der Waals surface area contributed by atoms with Gasteiger partial charge in [-0.1, -0.05) is 12.2 Å². The van der Waals surface area contributed by atoms with E-state index in [9.17, 15) is 0 Å². The van der Waals surface area contributed by atoms with Crippen LogP contribution in [-0.2, 0) is 6.54 Å². The van der Waals surface area contributed by atoms with E-state index < -0.39 is 0 Å². The zero-order valence-corrected chi connectivity index (χ0v) is 13.0. The van der Waals surface area contributed by atoms with Gasteiger partial charge >= 0.3 is 0 Å². The number of thiocarbonyl (C=S) groups is 1. The minimum atomic E-state index is 0.452. The van der Waals surface area contributed by atoms with Gasteiger partial charge in [-0.2, -0.15) is 0 Å². The third kappa shape index (κ3) is 3.33. The molecule has 0 spiro atoms. The predicted molar refractivity (Wildman–Crippen MR) is 88.2 cm³/mol. The molecule has 0 aliphatic rings. The van der Waals surface area contributed by atoms with Crippen LogP contribution < -0.4 is 11.1 Å². The Morgan fingerprint density at radius 3 is 2.47 bits per heavy atom. The number of hydrogen-bond donors (Lipinski definition) is 2. The number of benzene rings is 1. The summed E-state index contributed by atoms with van der Waals surface area (Å²) in [4.78, 5) is 3.19. The van der Waals surface area contributed by atoms with Gasteiger partial charge in [0.2, 0.25) is 0 Å². The van der Waals surface area contributed by atoms with Gasteiger partial charge in [0, 0.05) is 27.5 Å². The average Bonchev–Trinajstić information content (AvgIpc) is 2.66. The van der Waals surface area contributed by atoms with Crippen LogP contribution in [0.4, 0.5) is 5.69 Å². The molecule has 0 unspecified atom stereocenters. The van der Waals surface area contributed by atoms with Gasteiger partial charge in [0.05, 0.1) is 0 Å².